The van der Waals surface area contributed by atoms with E-state index in [1.165, 1.54) is 0 Å². The third-order valence-electron chi connectivity index (χ3n) is 7.93. The number of piperidine rings is 1. The SMILES string of the molecule is CC(Cc1ccc2c(c1)N(C)C(C1CCN(CC3=C(C(F)(F)F)CCC(C(F)(F)F)=C3)CC1)CO2)C(=O)O. The number of aliphatic carboxylic acids is 1. The first-order valence-corrected chi connectivity index (χ1v) is 12.7. The average Bonchev–Trinajstić information content (AvgIpc) is 2.84. The van der Waals surface area contributed by atoms with Crippen molar-refractivity contribution in [1.29, 1.82) is 0 Å². The molecule has 1 N–H and O–H groups in total. The molecule has 2 atom stereocenters. The lowest BCUT2D eigenvalue weighted by Gasteiger charge is -2.43. The summed E-state index contributed by atoms with van der Waals surface area (Å²) in [7, 11) is 1.95. The maximum absolute atomic E-state index is 13.5. The summed E-state index contributed by atoms with van der Waals surface area (Å²) in [5.41, 5.74) is -0.308. The van der Waals surface area contributed by atoms with E-state index in [9.17, 15) is 36.2 Å². The molecule has 1 aromatic carbocycles. The largest absolute Gasteiger partial charge is 0.489 e. The average molecular weight is 547 g/mol. The molecule has 2 unspecified atom stereocenters. The van der Waals surface area contributed by atoms with Crippen LogP contribution < -0.4 is 9.64 Å². The number of likely N-dealkylation sites (tertiary alicyclic amines) is 1. The summed E-state index contributed by atoms with van der Waals surface area (Å²) >= 11 is 0. The van der Waals surface area contributed by atoms with E-state index in [1.807, 2.05) is 25.2 Å². The van der Waals surface area contributed by atoms with Gasteiger partial charge in [-0.05, 0) is 80.5 Å². The highest BCUT2D eigenvalue weighted by Gasteiger charge is 2.42. The van der Waals surface area contributed by atoms with Gasteiger partial charge in [0.1, 0.15) is 12.4 Å². The van der Waals surface area contributed by atoms with Gasteiger partial charge in [0.25, 0.3) is 0 Å². The summed E-state index contributed by atoms with van der Waals surface area (Å²) in [6, 6.07) is 5.66. The van der Waals surface area contributed by atoms with Gasteiger partial charge >= 0.3 is 18.3 Å². The first-order valence-electron chi connectivity index (χ1n) is 12.7. The summed E-state index contributed by atoms with van der Waals surface area (Å²) in [5, 5.41) is 9.22. The number of rotatable bonds is 6. The van der Waals surface area contributed by atoms with Gasteiger partial charge in [-0.2, -0.15) is 26.3 Å². The first-order chi connectivity index (χ1) is 17.7. The molecule has 1 aliphatic carbocycles. The Morgan fingerprint density at radius 2 is 1.79 bits per heavy atom. The number of anilines is 1. The molecule has 1 saturated heterocycles. The highest BCUT2D eigenvalue weighted by molar-refractivity contribution is 5.70. The van der Waals surface area contributed by atoms with Gasteiger partial charge in [-0.15, -0.1) is 0 Å². The predicted molar refractivity (Wildman–Crippen MR) is 130 cm³/mol. The number of fused-ring (bicyclic) bond motifs is 1. The number of hydrogen-bond donors (Lipinski definition) is 1. The van der Waals surface area contributed by atoms with Crippen LogP contribution in [-0.4, -0.2) is 67.7 Å². The Bertz CT molecular complexity index is 1100. The third-order valence-corrected chi connectivity index (χ3v) is 7.93. The maximum Gasteiger partial charge on any atom is 0.413 e. The zero-order chi connectivity index (χ0) is 27.8. The van der Waals surface area contributed by atoms with Crippen molar-refractivity contribution in [2.45, 2.75) is 57.4 Å². The lowest BCUT2D eigenvalue weighted by Crippen LogP contribution is -2.49. The minimum Gasteiger partial charge on any atom is -0.489 e. The van der Waals surface area contributed by atoms with Crippen molar-refractivity contribution < 1.29 is 41.0 Å². The van der Waals surface area contributed by atoms with Crippen LogP contribution in [0.4, 0.5) is 32.0 Å². The molecule has 0 radical (unpaired) electrons. The first kappa shape index (κ1) is 28.3. The van der Waals surface area contributed by atoms with E-state index in [-0.39, 0.29) is 24.1 Å². The van der Waals surface area contributed by atoms with Crippen LogP contribution in [0.3, 0.4) is 0 Å². The smallest absolute Gasteiger partial charge is 0.413 e. The summed E-state index contributed by atoms with van der Waals surface area (Å²) in [4.78, 5) is 15.2. The Labute approximate surface area is 217 Å². The molecule has 3 aliphatic rings. The Kier molecular flexibility index (Phi) is 8.07. The molecule has 38 heavy (non-hydrogen) atoms. The summed E-state index contributed by atoms with van der Waals surface area (Å²) in [6.07, 6.45) is -8.17. The van der Waals surface area contributed by atoms with Gasteiger partial charge < -0.3 is 14.7 Å². The van der Waals surface area contributed by atoms with Crippen molar-refractivity contribution in [3.63, 3.8) is 0 Å². The van der Waals surface area contributed by atoms with Crippen LogP contribution in [0.1, 0.15) is 38.2 Å². The number of hydrogen-bond acceptors (Lipinski definition) is 4. The van der Waals surface area contributed by atoms with Crippen LogP contribution >= 0.6 is 0 Å². The van der Waals surface area contributed by atoms with E-state index in [0.717, 1.165) is 11.3 Å². The number of alkyl halides is 6. The van der Waals surface area contributed by atoms with Crippen molar-refractivity contribution >= 4 is 11.7 Å². The monoisotopic (exact) mass is 546 g/mol. The van der Waals surface area contributed by atoms with Crippen LogP contribution in [0.15, 0.2) is 41.0 Å². The predicted octanol–water partition coefficient (Wildman–Crippen LogP) is 6.00. The highest BCUT2D eigenvalue weighted by Crippen LogP contribution is 2.42. The fourth-order valence-electron chi connectivity index (χ4n) is 5.66. The second-order valence-electron chi connectivity index (χ2n) is 10.5. The Morgan fingerprint density at radius 1 is 1.11 bits per heavy atom. The summed E-state index contributed by atoms with van der Waals surface area (Å²) < 4.78 is 86.2. The molecular formula is C27H32F6N2O3. The van der Waals surface area contributed by atoms with Crippen LogP contribution in [0.2, 0.25) is 0 Å². The Morgan fingerprint density at radius 3 is 2.39 bits per heavy atom. The molecule has 5 nitrogen and oxygen atoms in total. The van der Waals surface area contributed by atoms with Crippen LogP contribution in [0.25, 0.3) is 0 Å². The molecule has 1 aromatic rings. The quantitative estimate of drug-likeness (QED) is 0.444. The Hall–Kier alpha value is -2.69. The van der Waals surface area contributed by atoms with E-state index in [2.05, 4.69) is 4.90 Å². The lowest BCUT2D eigenvalue weighted by molar-refractivity contribution is -0.141. The number of ether oxygens (including phenoxy) is 1. The number of carboxylic acid groups (broad SMARTS) is 1. The molecule has 4 rings (SSSR count). The standard InChI is InChI=1S/C27H32F6N2O3/c1-16(25(36)37)11-17-3-6-24-22(12-17)34(2)23(15-38-24)18-7-9-35(10-8-18)14-19-13-20(26(28,29)30)4-5-21(19)27(31,32)33/h3,6,12-13,16,18,23H,4-5,7-11,14-15H2,1-2H3,(H,36,37). The van der Waals surface area contributed by atoms with Gasteiger partial charge in [0, 0.05) is 24.7 Å². The highest BCUT2D eigenvalue weighted by atomic mass is 19.4. The molecular weight excluding hydrogens is 514 g/mol. The van der Waals surface area contributed by atoms with Crippen molar-refractivity contribution in [2.24, 2.45) is 11.8 Å². The van der Waals surface area contributed by atoms with Gasteiger partial charge in [-0.3, -0.25) is 9.69 Å². The molecule has 11 heteroatoms. The number of halogens is 6. The van der Waals surface area contributed by atoms with E-state index in [0.29, 0.717) is 50.8 Å². The second-order valence-corrected chi connectivity index (χ2v) is 10.5. The number of likely N-dealkylation sites (N-methyl/N-ethyl adjacent to an activating group) is 1. The van der Waals surface area contributed by atoms with Crippen molar-refractivity contribution in [3.8, 4) is 5.75 Å². The fraction of sp³-hybridized carbons (Fsp3) is 0.593. The molecule has 210 valence electrons. The third kappa shape index (κ3) is 6.30. The van der Waals surface area contributed by atoms with Gasteiger partial charge in [-0.1, -0.05) is 13.0 Å². The van der Waals surface area contributed by atoms with E-state index in [4.69, 9.17) is 4.74 Å². The molecule has 0 aromatic heterocycles. The van der Waals surface area contributed by atoms with Crippen LogP contribution in [0, 0.1) is 11.8 Å². The van der Waals surface area contributed by atoms with Gasteiger partial charge in [0.2, 0.25) is 0 Å². The molecule has 0 spiro atoms. The van der Waals surface area contributed by atoms with Crippen molar-refractivity contribution in [1.82, 2.24) is 4.90 Å². The van der Waals surface area contributed by atoms with E-state index >= 15 is 0 Å². The number of allylic oxidation sites excluding steroid dienone is 2. The van der Waals surface area contributed by atoms with Crippen molar-refractivity contribution in [2.75, 3.05) is 38.2 Å². The Balaban J connectivity index is 1.42. The topological polar surface area (TPSA) is 53.0 Å². The van der Waals surface area contributed by atoms with Crippen LogP contribution in [-0.2, 0) is 11.2 Å². The molecule has 2 heterocycles. The second kappa shape index (κ2) is 10.8. The molecule has 0 amide bonds. The van der Waals surface area contributed by atoms with Gasteiger partial charge in [0.05, 0.1) is 17.6 Å². The zero-order valence-corrected chi connectivity index (χ0v) is 21.3. The van der Waals surface area contributed by atoms with E-state index in [1.54, 1.807) is 11.8 Å². The van der Waals surface area contributed by atoms with E-state index < -0.39 is 48.2 Å². The molecule has 0 bridgehead atoms. The lowest BCUT2D eigenvalue weighted by atomic mass is 9.86. The maximum atomic E-state index is 13.5. The van der Waals surface area contributed by atoms with Crippen molar-refractivity contribution in [3.05, 3.63) is 46.6 Å². The van der Waals surface area contributed by atoms with Gasteiger partial charge in [0.15, 0.2) is 0 Å². The fourth-order valence-corrected chi connectivity index (χ4v) is 5.66. The summed E-state index contributed by atoms with van der Waals surface area (Å²) in [5.74, 6) is -0.491. The molecule has 1 fully saturated rings. The molecule has 0 saturated carbocycles. The van der Waals surface area contributed by atoms with Crippen LogP contribution in [0.5, 0.6) is 5.75 Å². The zero-order valence-electron chi connectivity index (χ0n) is 21.3. The van der Waals surface area contributed by atoms with Gasteiger partial charge in [-0.25, -0.2) is 0 Å². The minimum absolute atomic E-state index is 0.0214. The molecule has 2 aliphatic heterocycles. The number of benzene rings is 1. The number of carboxylic acids is 1. The normalized spacial score (nSPS) is 22.6. The minimum atomic E-state index is -4.65. The summed E-state index contributed by atoms with van der Waals surface area (Å²) in [6.45, 7) is 2.88. The number of carbonyl (C=O) groups is 1. The number of nitrogens with zero attached hydrogens (tertiary/aromatic N) is 2.